The molecular weight excluding hydrogens is 318 g/mol. The number of likely N-dealkylation sites (tertiary alicyclic amines) is 1. The highest BCUT2D eigenvalue weighted by molar-refractivity contribution is 5.76. The number of para-hydroxylation sites is 2. The maximum absolute atomic E-state index is 5.05. The van der Waals surface area contributed by atoms with Crippen LogP contribution in [0.5, 0.6) is 0 Å². The Hall–Kier alpha value is -2.13. The summed E-state index contributed by atoms with van der Waals surface area (Å²) < 4.78 is 2.46. The van der Waals surface area contributed by atoms with Crippen molar-refractivity contribution >= 4 is 11.0 Å². The molecule has 0 saturated carbocycles. The van der Waals surface area contributed by atoms with Gasteiger partial charge in [-0.05, 0) is 57.0 Å². The largest absolute Gasteiger partial charge is 0.326 e. The van der Waals surface area contributed by atoms with Gasteiger partial charge in [0.05, 0.1) is 17.1 Å². The molecule has 0 aliphatic carbocycles. The molecule has 1 atom stereocenters. The second-order valence-corrected chi connectivity index (χ2v) is 7.47. The Labute approximate surface area is 156 Å². The Morgan fingerprint density at radius 3 is 2.35 bits per heavy atom. The van der Waals surface area contributed by atoms with Crippen LogP contribution in [0.3, 0.4) is 0 Å². The molecule has 0 N–H and O–H groups in total. The standard InChI is InChI=1S/C23H29N3/c1-19(25-16-9-2-3-10-17-25)23-24-21-13-7-8-14-22(21)26(23)18-15-20-11-5-4-6-12-20/h4-8,11-14,19H,2-3,9-10,15-18H2,1H3. The van der Waals surface area contributed by atoms with Gasteiger partial charge < -0.3 is 4.57 Å². The van der Waals surface area contributed by atoms with Crippen molar-refractivity contribution in [2.75, 3.05) is 13.1 Å². The van der Waals surface area contributed by atoms with E-state index in [1.54, 1.807) is 0 Å². The Bertz CT molecular complexity index is 829. The number of imidazole rings is 1. The van der Waals surface area contributed by atoms with E-state index >= 15 is 0 Å². The zero-order valence-electron chi connectivity index (χ0n) is 15.8. The zero-order valence-corrected chi connectivity index (χ0v) is 15.8. The summed E-state index contributed by atoms with van der Waals surface area (Å²) in [5, 5.41) is 0. The molecule has 3 nitrogen and oxygen atoms in total. The van der Waals surface area contributed by atoms with Crippen molar-refractivity contribution in [3.8, 4) is 0 Å². The maximum Gasteiger partial charge on any atom is 0.127 e. The Balaban J connectivity index is 1.64. The summed E-state index contributed by atoms with van der Waals surface area (Å²) >= 11 is 0. The topological polar surface area (TPSA) is 21.1 Å². The van der Waals surface area contributed by atoms with E-state index in [1.807, 2.05) is 0 Å². The molecule has 1 fully saturated rings. The summed E-state index contributed by atoms with van der Waals surface area (Å²) in [5.41, 5.74) is 3.77. The summed E-state index contributed by atoms with van der Waals surface area (Å²) in [6.45, 7) is 5.72. The highest BCUT2D eigenvalue weighted by Gasteiger charge is 2.23. The predicted molar refractivity (Wildman–Crippen MR) is 108 cm³/mol. The first-order valence-electron chi connectivity index (χ1n) is 10.1. The van der Waals surface area contributed by atoms with Gasteiger partial charge in [-0.25, -0.2) is 4.98 Å². The molecule has 3 aromatic rings. The quantitative estimate of drug-likeness (QED) is 0.631. The molecule has 1 aliphatic heterocycles. The highest BCUT2D eigenvalue weighted by atomic mass is 15.2. The number of nitrogens with zero attached hydrogens (tertiary/aromatic N) is 3. The number of hydrogen-bond acceptors (Lipinski definition) is 2. The van der Waals surface area contributed by atoms with Crippen molar-refractivity contribution in [1.29, 1.82) is 0 Å². The van der Waals surface area contributed by atoms with Crippen molar-refractivity contribution in [2.45, 2.75) is 51.6 Å². The van der Waals surface area contributed by atoms with Crippen molar-refractivity contribution < 1.29 is 0 Å². The van der Waals surface area contributed by atoms with Gasteiger partial charge >= 0.3 is 0 Å². The second kappa shape index (κ2) is 8.05. The monoisotopic (exact) mass is 347 g/mol. The Kier molecular flexibility index (Phi) is 5.35. The normalized spacial score (nSPS) is 17.3. The summed E-state index contributed by atoms with van der Waals surface area (Å²) in [5.74, 6) is 1.23. The number of rotatable bonds is 5. The second-order valence-electron chi connectivity index (χ2n) is 7.47. The van der Waals surface area contributed by atoms with Gasteiger partial charge in [-0.2, -0.15) is 0 Å². The van der Waals surface area contributed by atoms with Gasteiger partial charge in [-0.15, -0.1) is 0 Å². The molecule has 136 valence electrons. The molecular formula is C23H29N3. The van der Waals surface area contributed by atoms with Crippen molar-refractivity contribution in [3.63, 3.8) is 0 Å². The molecule has 26 heavy (non-hydrogen) atoms. The fraction of sp³-hybridized carbons (Fsp3) is 0.435. The van der Waals surface area contributed by atoms with Crippen molar-refractivity contribution in [2.24, 2.45) is 0 Å². The van der Waals surface area contributed by atoms with Gasteiger partial charge in [0.2, 0.25) is 0 Å². The molecule has 1 unspecified atom stereocenters. The highest BCUT2D eigenvalue weighted by Crippen LogP contribution is 2.27. The van der Waals surface area contributed by atoms with E-state index in [2.05, 4.69) is 71.0 Å². The first-order valence-corrected chi connectivity index (χ1v) is 10.1. The van der Waals surface area contributed by atoms with Crippen LogP contribution in [0.1, 0.15) is 50.0 Å². The smallest absolute Gasteiger partial charge is 0.127 e. The van der Waals surface area contributed by atoms with Crippen LogP contribution < -0.4 is 0 Å². The molecule has 0 amide bonds. The minimum atomic E-state index is 0.372. The molecule has 2 aromatic carbocycles. The summed E-state index contributed by atoms with van der Waals surface area (Å²) in [6.07, 6.45) is 6.41. The van der Waals surface area contributed by atoms with Crippen LogP contribution in [-0.2, 0) is 13.0 Å². The lowest BCUT2D eigenvalue weighted by Gasteiger charge is -2.27. The van der Waals surface area contributed by atoms with E-state index in [-0.39, 0.29) is 0 Å². The van der Waals surface area contributed by atoms with Gasteiger partial charge in [0.15, 0.2) is 0 Å². The summed E-state index contributed by atoms with van der Waals surface area (Å²) in [7, 11) is 0. The van der Waals surface area contributed by atoms with E-state index in [4.69, 9.17) is 4.98 Å². The van der Waals surface area contributed by atoms with Gasteiger partial charge in [0.25, 0.3) is 0 Å². The minimum Gasteiger partial charge on any atom is -0.326 e. The molecule has 2 heterocycles. The van der Waals surface area contributed by atoms with E-state index in [1.165, 1.54) is 55.7 Å². The first kappa shape index (κ1) is 17.3. The third-order valence-corrected chi connectivity index (χ3v) is 5.71. The van der Waals surface area contributed by atoms with Crippen LogP contribution in [0.25, 0.3) is 11.0 Å². The fourth-order valence-electron chi connectivity index (χ4n) is 4.18. The van der Waals surface area contributed by atoms with Crippen LogP contribution in [0, 0.1) is 0 Å². The molecule has 0 bridgehead atoms. The van der Waals surface area contributed by atoms with E-state index < -0.39 is 0 Å². The lowest BCUT2D eigenvalue weighted by Crippen LogP contribution is -2.30. The molecule has 1 aromatic heterocycles. The summed E-state index contributed by atoms with van der Waals surface area (Å²) in [4.78, 5) is 7.68. The molecule has 0 radical (unpaired) electrons. The SMILES string of the molecule is CC(c1nc2ccccc2n1CCc1ccccc1)N1CCCCCC1. The number of hydrogen-bond donors (Lipinski definition) is 0. The molecule has 3 heteroatoms. The average Bonchev–Trinajstić information content (AvgIpc) is 2.85. The number of aromatic nitrogens is 2. The summed E-state index contributed by atoms with van der Waals surface area (Å²) in [6, 6.07) is 19.7. The lowest BCUT2D eigenvalue weighted by molar-refractivity contribution is 0.207. The first-order chi connectivity index (χ1) is 12.8. The maximum atomic E-state index is 5.05. The molecule has 1 aliphatic rings. The van der Waals surface area contributed by atoms with E-state index in [9.17, 15) is 0 Å². The van der Waals surface area contributed by atoms with E-state index in [0.717, 1.165) is 18.5 Å². The molecule has 4 rings (SSSR count). The zero-order chi connectivity index (χ0) is 17.8. The van der Waals surface area contributed by atoms with Gasteiger partial charge in [-0.1, -0.05) is 55.3 Å². The van der Waals surface area contributed by atoms with Crippen molar-refractivity contribution in [1.82, 2.24) is 14.5 Å². The molecule has 1 saturated heterocycles. The number of benzene rings is 2. The lowest BCUT2D eigenvalue weighted by atomic mass is 10.1. The van der Waals surface area contributed by atoms with Crippen LogP contribution in [0.2, 0.25) is 0 Å². The fourth-order valence-corrected chi connectivity index (χ4v) is 4.18. The van der Waals surface area contributed by atoms with Crippen LogP contribution in [0.4, 0.5) is 0 Å². The number of aryl methyl sites for hydroxylation is 2. The number of fused-ring (bicyclic) bond motifs is 1. The third-order valence-electron chi connectivity index (χ3n) is 5.71. The van der Waals surface area contributed by atoms with Crippen LogP contribution in [-0.4, -0.2) is 27.5 Å². The van der Waals surface area contributed by atoms with Crippen LogP contribution in [0.15, 0.2) is 54.6 Å². The predicted octanol–water partition coefficient (Wildman–Crippen LogP) is 5.22. The van der Waals surface area contributed by atoms with Gasteiger partial charge in [0, 0.05) is 6.54 Å². The van der Waals surface area contributed by atoms with Crippen LogP contribution >= 0.6 is 0 Å². The van der Waals surface area contributed by atoms with Crippen molar-refractivity contribution in [3.05, 3.63) is 66.0 Å². The average molecular weight is 348 g/mol. The van der Waals surface area contributed by atoms with Gasteiger partial charge in [0.1, 0.15) is 5.82 Å². The minimum absolute atomic E-state index is 0.372. The third kappa shape index (κ3) is 3.68. The Morgan fingerprint density at radius 2 is 1.58 bits per heavy atom. The molecule has 0 spiro atoms. The Morgan fingerprint density at radius 1 is 0.885 bits per heavy atom. The van der Waals surface area contributed by atoms with Gasteiger partial charge in [-0.3, -0.25) is 4.90 Å². The van der Waals surface area contributed by atoms with E-state index in [0.29, 0.717) is 6.04 Å².